The Bertz CT molecular complexity index is 605. The van der Waals surface area contributed by atoms with Gasteiger partial charge in [-0.25, -0.2) is 0 Å². The normalized spacial score (nSPS) is 14.0. The van der Waals surface area contributed by atoms with Gasteiger partial charge in [0.15, 0.2) is 0 Å². The van der Waals surface area contributed by atoms with E-state index < -0.39 is 18.4 Å². The molecule has 0 bridgehead atoms. The van der Waals surface area contributed by atoms with E-state index in [9.17, 15) is 9.59 Å². The Balaban J connectivity index is 1.84. The quantitative estimate of drug-likeness (QED) is 0.164. The molecule has 0 saturated carbocycles. The summed E-state index contributed by atoms with van der Waals surface area (Å²) in [5, 5.41) is 0. The van der Waals surface area contributed by atoms with E-state index in [4.69, 9.17) is 4.74 Å². The molecule has 0 unspecified atom stereocenters. The summed E-state index contributed by atoms with van der Waals surface area (Å²) in [7, 11) is 0. The van der Waals surface area contributed by atoms with Crippen LogP contribution in [0.5, 0.6) is 0 Å². The SMILES string of the molecule is CCC[CH2][Sn]([CH2]CCC)([CH2]CCC)[CH2]OCCCN1C(=O)c2ccccc2C1=O. The van der Waals surface area contributed by atoms with Crippen molar-refractivity contribution >= 4 is 30.2 Å². The molecule has 0 aliphatic carbocycles. The van der Waals surface area contributed by atoms with Crippen LogP contribution in [0.3, 0.4) is 0 Å². The monoisotopic (exact) mass is 509 g/mol. The summed E-state index contributed by atoms with van der Waals surface area (Å²) in [4.78, 5) is 26.3. The first-order chi connectivity index (χ1) is 14.1. The summed E-state index contributed by atoms with van der Waals surface area (Å²) in [6, 6.07) is 7.10. The molecule has 0 radical (unpaired) electrons. The summed E-state index contributed by atoms with van der Waals surface area (Å²) in [5.74, 6) is -0.319. The van der Waals surface area contributed by atoms with Crippen LogP contribution in [0.25, 0.3) is 0 Å². The molecule has 1 aliphatic rings. The van der Waals surface area contributed by atoms with E-state index in [2.05, 4.69) is 20.8 Å². The molecule has 0 aromatic heterocycles. The Kier molecular flexibility index (Phi) is 10.7. The van der Waals surface area contributed by atoms with E-state index in [0.717, 1.165) is 11.0 Å². The Morgan fingerprint density at radius 1 is 0.793 bits per heavy atom. The second kappa shape index (κ2) is 12.7. The first-order valence-corrected chi connectivity index (χ1v) is 19.7. The van der Waals surface area contributed by atoms with Crippen molar-refractivity contribution in [3.63, 3.8) is 0 Å². The number of ether oxygens (including phenoxy) is 1. The molecule has 2 amide bonds. The third kappa shape index (κ3) is 6.81. The first-order valence-electron chi connectivity index (χ1n) is 11.6. The van der Waals surface area contributed by atoms with Gasteiger partial charge in [-0.3, -0.25) is 0 Å². The van der Waals surface area contributed by atoms with E-state index in [-0.39, 0.29) is 11.8 Å². The third-order valence-corrected chi connectivity index (χ3v) is 20.6. The molecule has 29 heavy (non-hydrogen) atoms. The van der Waals surface area contributed by atoms with Crippen molar-refractivity contribution in [2.75, 3.05) is 17.8 Å². The molecular formula is C24H39NO3Sn. The fourth-order valence-corrected chi connectivity index (χ4v) is 18.8. The molecule has 2 rings (SSSR count). The first kappa shape index (κ1) is 24.4. The van der Waals surface area contributed by atoms with Crippen molar-refractivity contribution in [1.29, 1.82) is 0 Å². The van der Waals surface area contributed by atoms with Crippen LogP contribution < -0.4 is 0 Å². The van der Waals surface area contributed by atoms with Crippen LogP contribution in [0, 0.1) is 0 Å². The number of benzene rings is 1. The van der Waals surface area contributed by atoms with Gasteiger partial charge in [-0.05, 0) is 0 Å². The van der Waals surface area contributed by atoms with Crippen LogP contribution in [0.1, 0.15) is 86.4 Å². The van der Waals surface area contributed by atoms with Gasteiger partial charge >= 0.3 is 182 Å². The van der Waals surface area contributed by atoms with Gasteiger partial charge in [-0.1, -0.05) is 0 Å². The number of rotatable bonds is 15. The number of hydrogen-bond acceptors (Lipinski definition) is 3. The topological polar surface area (TPSA) is 46.6 Å². The van der Waals surface area contributed by atoms with E-state index in [0.29, 0.717) is 24.3 Å². The number of carbonyl (C=O) groups is 2. The van der Waals surface area contributed by atoms with Crippen molar-refractivity contribution in [2.45, 2.75) is 79.0 Å². The molecule has 4 nitrogen and oxygen atoms in total. The molecular weight excluding hydrogens is 469 g/mol. The summed E-state index contributed by atoms with van der Waals surface area (Å²) >= 11 is -2.25. The van der Waals surface area contributed by atoms with Crippen molar-refractivity contribution in [1.82, 2.24) is 4.90 Å². The van der Waals surface area contributed by atoms with E-state index in [1.807, 2.05) is 12.1 Å². The Morgan fingerprint density at radius 2 is 1.28 bits per heavy atom. The summed E-state index contributed by atoms with van der Waals surface area (Å²) in [6.45, 7) is 7.97. The molecule has 5 heteroatoms. The molecule has 1 aliphatic heterocycles. The molecule has 1 aromatic rings. The van der Waals surface area contributed by atoms with Crippen molar-refractivity contribution in [3.05, 3.63) is 35.4 Å². The van der Waals surface area contributed by atoms with Gasteiger partial charge in [-0.2, -0.15) is 0 Å². The van der Waals surface area contributed by atoms with Gasteiger partial charge in [0, 0.05) is 0 Å². The molecule has 0 N–H and O–H groups in total. The van der Waals surface area contributed by atoms with Crippen molar-refractivity contribution in [2.24, 2.45) is 0 Å². The van der Waals surface area contributed by atoms with Crippen molar-refractivity contribution in [3.8, 4) is 0 Å². The van der Waals surface area contributed by atoms with E-state index >= 15 is 0 Å². The van der Waals surface area contributed by atoms with E-state index in [1.165, 1.54) is 56.7 Å². The second-order valence-corrected chi connectivity index (χ2v) is 22.2. The Labute approximate surface area is 181 Å². The summed E-state index contributed by atoms with van der Waals surface area (Å²) in [5.41, 5.74) is 1.07. The van der Waals surface area contributed by atoms with Crippen LogP contribution in [0.4, 0.5) is 0 Å². The molecule has 0 fully saturated rings. The fourth-order valence-electron chi connectivity index (χ4n) is 4.30. The predicted octanol–water partition coefficient (Wildman–Crippen LogP) is 6.08. The molecule has 0 spiro atoms. The van der Waals surface area contributed by atoms with Gasteiger partial charge < -0.3 is 0 Å². The second-order valence-electron chi connectivity index (χ2n) is 8.52. The number of carbonyl (C=O) groups excluding carboxylic acids is 2. The maximum atomic E-state index is 12.5. The number of imide groups is 1. The van der Waals surface area contributed by atoms with Gasteiger partial charge in [-0.15, -0.1) is 0 Å². The Morgan fingerprint density at radius 3 is 1.72 bits per heavy atom. The van der Waals surface area contributed by atoms with Crippen LogP contribution >= 0.6 is 0 Å². The van der Waals surface area contributed by atoms with Crippen LogP contribution in [-0.4, -0.2) is 52.9 Å². The molecule has 1 aromatic carbocycles. The number of fused-ring (bicyclic) bond motifs is 1. The molecule has 0 saturated heterocycles. The van der Waals surface area contributed by atoms with Crippen LogP contribution in [0.2, 0.25) is 13.3 Å². The predicted molar refractivity (Wildman–Crippen MR) is 122 cm³/mol. The zero-order valence-electron chi connectivity index (χ0n) is 18.7. The van der Waals surface area contributed by atoms with Gasteiger partial charge in [0.05, 0.1) is 0 Å². The van der Waals surface area contributed by atoms with Crippen LogP contribution in [0.15, 0.2) is 24.3 Å². The van der Waals surface area contributed by atoms with E-state index in [1.54, 1.807) is 12.1 Å². The third-order valence-electron chi connectivity index (χ3n) is 6.14. The zero-order chi connectivity index (χ0) is 21.1. The summed E-state index contributed by atoms with van der Waals surface area (Å²) < 4.78 is 11.6. The molecule has 162 valence electrons. The van der Waals surface area contributed by atoms with Gasteiger partial charge in [0.1, 0.15) is 0 Å². The number of nitrogens with zero attached hydrogens (tertiary/aromatic N) is 1. The minimum atomic E-state index is -2.25. The molecule has 1 heterocycles. The van der Waals surface area contributed by atoms with Gasteiger partial charge in [0.2, 0.25) is 0 Å². The average Bonchev–Trinajstić information content (AvgIpc) is 2.99. The average molecular weight is 508 g/mol. The number of hydrogen-bond donors (Lipinski definition) is 0. The fraction of sp³-hybridized carbons (Fsp3) is 0.667. The number of unbranched alkanes of at least 4 members (excludes halogenated alkanes) is 3. The van der Waals surface area contributed by atoms with Crippen molar-refractivity contribution < 1.29 is 14.3 Å². The molecule has 0 atom stereocenters. The standard InChI is InChI=1S/C12H12NO3.3C4H9.Sn/c1-16-8-4-7-13-11(14)9-5-2-3-6-10(9)12(13)15;3*1-3-4-2;/h2-3,5-6H,1,4,7-8H2;3*1,3-4H2,2H3;. The number of amides is 2. The van der Waals surface area contributed by atoms with Crippen LogP contribution in [-0.2, 0) is 4.74 Å². The summed E-state index contributed by atoms with van der Waals surface area (Å²) in [6.07, 6.45) is 8.60. The van der Waals surface area contributed by atoms with Gasteiger partial charge in [0.25, 0.3) is 0 Å². The Hall–Kier alpha value is -0.881. The minimum absolute atomic E-state index is 0.159. The zero-order valence-corrected chi connectivity index (χ0v) is 21.5. The maximum absolute atomic E-state index is 12.5.